The maximum atomic E-state index is 13.4. The van der Waals surface area contributed by atoms with E-state index in [1.807, 2.05) is 91.0 Å². The van der Waals surface area contributed by atoms with Crippen molar-refractivity contribution in [3.8, 4) is 0 Å². The molecule has 3 aromatic carbocycles. The van der Waals surface area contributed by atoms with Gasteiger partial charge < -0.3 is 10.1 Å². The van der Waals surface area contributed by atoms with Crippen LogP contribution in [0.5, 0.6) is 0 Å². The molecule has 0 radical (unpaired) electrons. The number of carbonyl (C=O) groups excluding carboxylic acids is 3. The molecule has 0 aromatic heterocycles. The number of hydrogen-bond donors (Lipinski definition) is 2. The second-order valence-electron chi connectivity index (χ2n) is 8.13. The Balaban J connectivity index is 1.82. The van der Waals surface area contributed by atoms with E-state index in [0.717, 1.165) is 16.7 Å². The molecule has 2 atom stereocenters. The van der Waals surface area contributed by atoms with Crippen LogP contribution in [0.1, 0.15) is 16.7 Å². The zero-order chi connectivity index (χ0) is 24.9. The van der Waals surface area contributed by atoms with E-state index in [1.165, 1.54) is 7.11 Å². The Morgan fingerprint density at radius 3 is 1.63 bits per heavy atom. The average molecular weight is 475 g/mol. The van der Waals surface area contributed by atoms with Gasteiger partial charge in [-0.2, -0.15) is 0 Å². The number of rotatable bonds is 12. The van der Waals surface area contributed by atoms with Crippen molar-refractivity contribution in [1.82, 2.24) is 10.8 Å². The SMILES string of the molecule is COC(=O)CNC(=O)[C@H](Cc1ccccc1)[C@@H](Cc1ccccc1)C(=O)NOCc1ccccc1. The molecule has 0 aliphatic heterocycles. The molecule has 0 unspecified atom stereocenters. The van der Waals surface area contributed by atoms with Gasteiger partial charge in [-0.15, -0.1) is 0 Å². The van der Waals surface area contributed by atoms with E-state index in [-0.39, 0.29) is 13.2 Å². The van der Waals surface area contributed by atoms with Crippen LogP contribution >= 0.6 is 0 Å². The number of amides is 2. The van der Waals surface area contributed by atoms with E-state index in [9.17, 15) is 14.4 Å². The first kappa shape index (κ1) is 25.6. The molecule has 3 aromatic rings. The van der Waals surface area contributed by atoms with E-state index >= 15 is 0 Å². The number of carbonyl (C=O) groups is 3. The van der Waals surface area contributed by atoms with Crippen LogP contribution in [0.2, 0.25) is 0 Å². The third kappa shape index (κ3) is 8.39. The van der Waals surface area contributed by atoms with Gasteiger partial charge in [0.15, 0.2) is 0 Å². The fourth-order valence-electron chi connectivity index (χ4n) is 3.77. The largest absolute Gasteiger partial charge is 0.468 e. The van der Waals surface area contributed by atoms with Gasteiger partial charge in [-0.25, -0.2) is 5.48 Å². The number of nitrogens with one attached hydrogen (secondary N) is 2. The Bertz CT molecular complexity index is 1070. The maximum Gasteiger partial charge on any atom is 0.325 e. The van der Waals surface area contributed by atoms with E-state index < -0.39 is 29.6 Å². The number of esters is 1. The van der Waals surface area contributed by atoms with Crippen LogP contribution in [0, 0.1) is 11.8 Å². The van der Waals surface area contributed by atoms with Crippen molar-refractivity contribution in [3.05, 3.63) is 108 Å². The van der Waals surface area contributed by atoms with Crippen molar-refractivity contribution in [1.29, 1.82) is 0 Å². The first-order chi connectivity index (χ1) is 17.1. The quantitative estimate of drug-likeness (QED) is 0.311. The van der Waals surface area contributed by atoms with Crippen LogP contribution in [0.15, 0.2) is 91.0 Å². The lowest BCUT2D eigenvalue weighted by Crippen LogP contribution is -2.45. The molecule has 0 saturated heterocycles. The minimum Gasteiger partial charge on any atom is -0.468 e. The molecular formula is C28H30N2O5. The van der Waals surface area contributed by atoms with Crippen LogP contribution in [-0.2, 0) is 43.4 Å². The number of benzene rings is 3. The van der Waals surface area contributed by atoms with Gasteiger partial charge in [0.05, 0.1) is 25.6 Å². The molecule has 0 spiro atoms. The van der Waals surface area contributed by atoms with Crippen molar-refractivity contribution < 1.29 is 24.0 Å². The van der Waals surface area contributed by atoms with Crippen LogP contribution in [0.25, 0.3) is 0 Å². The second kappa shape index (κ2) is 13.7. The van der Waals surface area contributed by atoms with Gasteiger partial charge in [-0.3, -0.25) is 19.2 Å². The summed E-state index contributed by atoms with van der Waals surface area (Å²) in [5.41, 5.74) is 5.26. The second-order valence-corrected chi connectivity index (χ2v) is 8.13. The van der Waals surface area contributed by atoms with Crippen molar-refractivity contribution in [2.75, 3.05) is 13.7 Å². The summed E-state index contributed by atoms with van der Waals surface area (Å²) in [6.07, 6.45) is 0.641. The molecular weight excluding hydrogens is 444 g/mol. The lowest BCUT2D eigenvalue weighted by Gasteiger charge is -2.26. The van der Waals surface area contributed by atoms with Gasteiger partial charge in [-0.1, -0.05) is 91.0 Å². The van der Waals surface area contributed by atoms with Crippen LogP contribution in [0.4, 0.5) is 0 Å². The Morgan fingerprint density at radius 2 is 1.14 bits per heavy atom. The van der Waals surface area contributed by atoms with Gasteiger partial charge in [0, 0.05) is 0 Å². The minimum absolute atomic E-state index is 0.197. The molecule has 2 N–H and O–H groups in total. The summed E-state index contributed by atoms with van der Waals surface area (Å²) in [5.74, 6) is -2.86. The Hall–Kier alpha value is -3.97. The predicted octanol–water partition coefficient (Wildman–Crippen LogP) is 3.24. The molecule has 3 rings (SSSR count). The Labute approximate surface area is 205 Å². The van der Waals surface area contributed by atoms with E-state index in [0.29, 0.717) is 12.8 Å². The third-order valence-electron chi connectivity index (χ3n) is 5.65. The minimum atomic E-state index is -0.748. The summed E-state index contributed by atoms with van der Waals surface area (Å²) in [6.45, 7) is -0.0761. The molecule has 2 amide bonds. The summed E-state index contributed by atoms with van der Waals surface area (Å²) in [5, 5.41) is 2.62. The number of methoxy groups -OCH3 is 1. The molecule has 0 aliphatic carbocycles. The van der Waals surface area contributed by atoms with Crippen molar-refractivity contribution in [2.45, 2.75) is 19.4 Å². The van der Waals surface area contributed by atoms with Gasteiger partial charge in [0.25, 0.3) is 0 Å². The van der Waals surface area contributed by atoms with Gasteiger partial charge in [-0.05, 0) is 29.5 Å². The lowest BCUT2D eigenvalue weighted by atomic mass is 9.81. The zero-order valence-corrected chi connectivity index (χ0v) is 19.7. The highest BCUT2D eigenvalue weighted by atomic mass is 16.6. The molecule has 0 saturated carbocycles. The summed E-state index contributed by atoms with van der Waals surface area (Å²) >= 11 is 0. The van der Waals surface area contributed by atoms with Crippen LogP contribution in [0.3, 0.4) is 0 Å². The average Bonchev–Trinajstić information content (AvgIpc) is 2.90. The highest BCUT2D eigenvalue weighted by Gasteiger charge is 2.34. The smallest absolute Gasteiger partial charge is 0.325 e. The number of hydroxylamine groups is 1. The van der Waals surface area contributed by atoms with Gasteiger partial charge in [0.1, 0.15) is 6.54 Å². The Kier molecular flexibility index (Phi) is 10.0. The molecule has 0 aliphatic rings. The highest BCUT2D eigenvalue weighted by molar-refractivity contribution is 5.89. The van der Waals surface area contributed by atoms with E-state index in [2.05, 4.69) is 15.5 Å². The number of hydrogen-bond acceptors (Lipinski definition) is 5. The van der Waals surface area contributed by atoms with Gasteiger partial charge in [0.2, 0.25) is 11.8 Å². The highest BCUT2D eigenvalue weighted by Crippen LogP contribution is 2.23. The summed E-state index contributed by atoms with van der Waals surface area (Å²) in [6, 6.07) is 28.4. The third-order valence-corrected chi connectivity index (χ3v) is 5.65. The molecule has 0 heterocycles. The zero-order valence-electron chi connectivity index (χ0n) is 19.7. The predicted molar refractivity (Wildman–Crippen MR) is 132 cm³/mol. The molecule has 0 fully saturated rings. The van der Waals surface area contributed by atoms with E-state index in [1.54, 1.807) is 0 Å². The normalized spacial score (nSPS) is 12.3. The number of ether oxygens (including phenoxy) is 1. The molecule has 7 heteroatoms. The lowest BCUT2D eigenvalue weighted by molar-refractivity contribution is -0.145. The van der Waals surface area contributed by atoms with Crippen molar-refractivity contribution in [3.63, 3.8) is 0 Å². The molecule has 182 valence electrons. The topological polar surface area (TPSA) is 93.7 Å². The summed E-state index contributed by atoms with van der Waals surface area (Å²) < 4.78 is 4.64. The van der Waals surface area contributed by atoms with Crippen molar-refractivity contribution >= 4 is 17.8 Å². The van der Waals surface area contributed by atoms with E-state index in [4.69, 9.17) is 4.84 Å². The van der Waals surface area contributed by atoms with Crippen LogP contribution < -0.4 is 10.8 Å². The standard InChI is InChI=1S/C28H30N2O5/c1-34-26(31)19-29-27(32)24(17-21-11-5-2-6-12-21)25(18-22-13-7-3-8-14-22)28(33)30-35-20-23-15-9-4-10-16-23/h2-16,24-25H,17-20H2,1H3,(H,29,32)(H,30,33)/t24-,25-/m1/s1. The fraction of sp³-hybridized carbons (Fsp3) is 0.250. The fourth-order valence-corrected chi connectivity index (χ4v) is 3.77. The van der Waals surface area contributed by atoms with Gasteiger partial charge >= 0.3 is 5.97 Å². The molecule has 7 nitrogen and oxygen atoms in total. The first-order valence-corrected chi connectivity index (χ1v) is 11.4. The summed E-state index contributed by atoms with van der Waals surface area (Å²) in [7, 11) is 1.26. The monoisotopic (exact) mass is 474 g/mol. The molecule has 0 bridgehead atoms. The maximum absolute atomic E-state index is 13.4. The Morgan fingerprint density at radius 1 is 0.686 bits per heavy atom. The summed E-state index contributed by atoms with van der Waals surface area (Å²) in [4.78, 5) is 43.7. The van der Waals surface area contributed by atoms with Crippen molar-refractivity contribution in [2.24, 2.45) is 11.8 Å². The first-order valence-electron chi connectivity index (χ1n) is 11.4. The molecule has 35 heavy (non-hydrogen) atoms. The van der Waals surface area contributed by atoms with Crippen LogP contribution in [-0.4, -0.2) is 31.4 Å².